The first kappa shape index (κ1) is 11.0. The van der Waals surface area contributed by atoms with E-state index in [0.29, 0.717) is 6.04 Å². The number of ether oxygens (including phenoxy) is 1. The highest BCUT2D eigenvalue weighted by molar-refractivity contribution is 4.70. The summed E-state index contributed by atoms with van der Waals surface area (Å²) >= 11 is 0. The molecule has 0 bridgehead atoms. The van der Waals surface area contributed by atoms with Gasteiger partial charge in [0, 0.05) is 19.3 Å². The van der Waals surface area contributed by atoms with Gasteiger partial charge in [-0.05, 0) is 31.6 Å². The van der Waals surface area contributed by atoms with Gasteiger partial charge in [0.05, 0.1) is 0 Å². The quantitative estimate of drug-likeness (QED) is 0.713. The Kier molecular flexibility index (Phi) is 5.40. The normalized spacial score (nSPS) is 21.7. The van der Waals surface area contributed by atoms with Crippen LogP contribution >= 0.6 is 0 Å². The molecule has 1 saturated heterocycles. The van der Waals surface area contributed by atoms with Gasteiger partial charge in [-0.2, -0.15) is 0 Å². The van der Waals surface area contributed by atoms with Crippen LogP contribution in [0.5, 0.6) is 0 Å². The van der Waals surface area contributed by atoms with Gasteiger partial charge in [-0.1, -0.05) is 19.8 Å². The van der Waals surface area contributed by atoms with Crippen molar-refractivity contribution >= 4 is 0 Å². The summed E-state index contributed by atoms with van der Waals surface area (Å²) in [7, 11) is 0. The summed E-state index contributed by atoms with van der Waals surface area (Å²) in [5, 5.41) is 0. The molecule has 2 N–H and O–H groups in total. The average Bonchev–Trinajstić information content (AvgIpc) is 2.16. The molecule has 13 heavy (non-hydrogen) atoms. The highest BCUT2D eigenvalue weighted by Gasteiger charge is 2.16. The van der Waals surface area contributed by atoms with Gasteiger partial charge in [0.2, 0.25) is 0 Å². The largest absolute Gasteiger partial charge is 0.381 e. The molecule has 0 spiro atoms. The Morgan fingerprint density at radius 2 is 2.08 bits per heavy atom. The van der Waals surface area contributed by atoms with E-state index in [2.05, 4.69) is 6.92 Å². The zero-order chi connectivity index (χ0) is 9.52. The Hall–Kier alpha value is -0.0800. The van der Waals surface area contributed by atoms with E-state index in [1.165, 1.54) is 38.5 Å². The summed E-state index contributed by atoms with van der Waals surface area (Å²) in [6.45, 7) is 4.12. The molecular formula is C11H23NO. The third kappa shape index (κ3) is 4.63. The molecule has 0 saturated carbocycles. The zero-order valence-electron chi connectivity index (χ0n) is 8.80. The molecule has 78 valence electrons. The Morgan fingerprint density at radius 3 is 2.69 bits per heavy atom. The van der Waals surface area contributed by atoms with Crippen molar-refractivity contribution < 1.29 is 4.74 Å². The molecule has 0 aromatic carbocycles. The summed E-state index contributed by atoms with van der Waals surface area (Å²) in [5.41, 5.74) is 6.05. The van der Waals surface area contributed by atoms with E-state index in [1.807, 2.05) is 0 Å². The molecule has 1 fully saturated rings. The number of hydrogen-bond donors (Lipinski definition) is 1. The maximum absolute atomic E-state index is 6.05. The predicted octanol–water partition coefficient (Wildman–Crippen LogP) is 2.32. The number of hydrogen-bond acceptors (Lipinski definition) is 2. The molecule has 1 atom stereocenters. The van der Waals surface area contributed by atoms with Crippen molar-refractivity contribution in [1.82, 2.24) is 0 Å². The van der Waals surface area contributed by atoms with Crippen LogP contribution in [0.4, 0.5) is 0 Å². The highest BCUT2D eigenvalue weighted by Crippen LogP contribution is 2.20. The second-order valence-corrected chi connectivity index (χ2v) is 4.19. The molecule has 1 aliphatic heterocycles. The number of nitrogens with two attached hydrogens (primary N) is 1. The van der Waals surface area contributed by atoms with E-state index in [1.54, 1.807) is 0 Å². The van der Waals surface area contributed by atoms with E-state index in [0.717, 1.165) is 19.1 Å². The molecule has 0 amide bonds. The van der Waals surface area contributed by atoms with Crippen molar-refractivity contribution in [2.24, 2.45) is 11.7 Å². The highest BCUT2D eigenvalue weighted by atomic mass is 16.5. The first-order valence-electron chi connectivity index (χ1n) is 5.66. The van der Waals surface area contributed by atoms with Crippen LogP contribution in [0.2, 0.25) is 0 Å². The smallest absolute Gasteiger partial charge is 0.0468 e. The first-order chi connectivity index (χ1) is 6.33. The second-order valence-electron chi connectivity index (χ2n) is 4.19. The van der Waals surface area contributed by atoms with Gasteiger partial charge >= 0.3 is 0 Å². The van der Waals surface area contributed by atoms with E-state index in [4.69, 9.17) is 10.5 Å². The number of unbranched alkanes of at least 4 members (excludes halogenated alkanes) is 1. The Balaban J connectivity index is 2.07. The summed E-state index contributed by atoms with van der Waals surface area (Å²) in [5.74, 6) is 0.834. The fraction of sp³-hybridized carbons (Fsp3) is 1.00. The molecule has 1 heterocycles. The van der Waals surface area contributed by atoms with E-state index >= 15 is 0 Å². The topological polar surface area (TPSA) is 35.2 Å². The Morgan fingerprint density at radius 1 is 1.38 bits per heavy atom. The Bertz CT molecular complexity index is 121. The molecule has 0 aromatic heterocycles. The van der Waals surface area contributed by atoms with Crippen molar-refractivity contribution in [2.45, 2.75) is 51.5 Å². The van der Waals surface area contributed by atoms with Crippen molar-refractivity contribution in [3.05, 3.63) is 0 Å². The summed E-state index contributed by atoms with van der Waals surface area (Å²) in [6.07, 6.45) is 7.41. The van der Waals surface area contributed by atoms with Gasteiger partial charge in [-0.15, -0.1) is 0 Å². The standard InChI is InChI=1S/C11H23NO/c1-2-3-4-11(12)9-10-5-7-13-8-6-10/h10-11H,2-9,12H2,1H3. The minimum atomic E-state index is 0.433. The molecule has 0 aliphatic carbocycles. The van der Waals surface area contributed by atoms with Crippen LogP contribution in [-0.2, 0) is 4.74 Å². The number of rotatable bonds is 5. The lowest BCUT2D eigenvalue weighted by Gasteiger charge is -2.24. The van der Waals surface area contributed by atoms with Gasteiger partial charge in [0.25, 0.3) is 0 Å². The fourth-order valence-electron chi connectivity index (χ4n) is 1.99. The summed E-state index contributed by atoms with van der Waals surface area (Å²) in [6, 6.07) is 0.433. The monoisotopic (exact) mass is 185 g/mol. The second kappa shape index (κ2) is 6.39. The van der Waals surface area contributed by atoms with Gasteiger partial charge in [-0.25, -0.2) is 0 Å². The van der Waals surface area contributed by atoms with Crippen LogP contribution < -0.4 is 5.73 Å². The van der Waals surface area contributed by atoms with Crippen molar-refractivity contribution in [1.29, 1.82) is 0 Å². The zero-order valence-corrected chi connectivity index (χ0v) is 8.80. The fourth-order valence-corrected chi connectivity index (χ4v) is 1.99. The van der Waals surface area contributed by atoms with Crippen LogP contribution in [0.15, 0.2) is 0 Å². The lowest BCUT2D eigenvalue weighted by Crippen LogP contribution is -2.26. The Labute approximate surface area is 81.8 Å². The molecule has 1 rings (SSSR count). The van der Waals surface area contributed by atoms with Gasteiger partial charge in [0.15, 0.2) is 0 Å². The molecule has 0 aromatic rings. The SMILES string of the molecule is CCCCC(N)CC1CCOCC1. The third-order valence-electron chi connectivity index (χ3n) is 2.91. The van der Waals surface area contributed by atoms with Crippen LogP contribution in [0.25, 0.3) is 0 Å². The average molecular weight is 185 g/mol. The minimum Gasteiger partial charge on any atom is -0.381 e. The maximum Gasteiger partial charge on any atom is 0.0468 e. The third-order valence-corrected chi connectivity index (χ3v) is 2.91. The van der Waals surface area contributed by atoms with Crippen LogP contribution in [0.3, 0.4) is 0 Å². The van der Waals surface area contributed by atoms with Crippen molar-refractivity contribution in [2.75, 3.05) is 13.2 Å². The van der Waals surface area contributed by atoms with Gasteiger partial charge in [0.1, 0.15) is 0 Å². The minimum absolute atomic E-state index is 0.433. The lowest BCUT2D eigenvalue weighted by molar-refractivity contribution is 0.0615. The lowest BCUT2D eigenvalue weighted by atomic mass is 9.91. The van der Waals surface area contributed by atoms with Crippen LogP contribution in [-0.4, -0.2) is 19.3 Å². The van der Waals surface area contributed by atoms with E-state index < -0.39 is 0 Å². The van der Waals surface area contributed by atoms with Gasteiger partial charge < -0.3 is 10.5 Å². The van der Waals surface area contributed by atoms with Crippen LogP contribution in [0.1, 0.15) is 45.4 Å². The van der Waals surface area contributed by atoms with Crippen molar-refractivity contribution in [3.63, 3.8) is 0 Å². The molecular weight excluding hydrogens is 162 g/mol. The van der Waals surface area contributed by atoms with E-state index in [-0.39, 0.29) is 0 Å². The molecule has 1 unspecified atom stereocenters. The van der Waals surface area contributed by atoms with Crippen molar-refractivity contribution in [3.8, 4) is 0 Å². The molecule has 2 nitrogen and oxygen atoms in total. The molecule has 2 heteroatoms. The molecule has 1 aliphatic rings. The maximum atomic E-state index is 6.05. The predicted molar refractivity (Wildman–Crippen MR) is 55.7 cm³/mol. The summed E-state index contributed by atoms with van der Waals surface area (Å²) < 4.78 is 5.32. The van der Waals surface area contributed by atoms with Gasteiger partial charge in [-0.3, -0.25) is 0 Å². The van der Waals surface area contributed by atoms with Crippen LogP contribution in [0, 0.1) is 5.92 Å². The first-order valence-corrected chi connectivity index (χ1v) is 5.66. The molecule has 0 radical (unpaired) electrons. The summed E-state index contributed by atoms with van der Waals surface area (Å²) in [4.78, 5) is 0. The van der Waals surface area contributed by atoms with E-state index in [9.17, 15) is 0 Å².